The molecule has 2 heterocycles. The third-order valence-corrected chi connectivity index (χ3v) is 3.34. The van der Waals surface area contributed by atoms with Crippen LogP contribution in [0.1, 0.15) is 30.3 Å². The maximum atomic E-state index is 12.2. The number of hydrogen-bond donors (Lipinski definition) is 1. The SMILES string of the molecule is CCN(C(=O)c1ccc(Cl)o1)C1CCNCC1. The summed E-state index contributed by atoms with van der Waals surface area (Å²) >= 11 is 5.69. The molecule has 0 saturated carbocycles. The summed E-state index contributed by atoms with van der Waals surface area (Å²) in [5.74, 6) is 0.265. The van der Waals surface area contributed by atoms with Gasteiger partial charge in [0, 0.05) is 12.6 Å². The van der Waals surface area contributed by atoms with Gasteiger partial charge in [-0.15, -0.1) is 0 Å². The second-order valence-electron chi connectivity index (χ2n) is 4.18. The average Bonchev–Trinajstić information content (AvgIpc) is 2.78. The fourth-order valence-corrected chi connectivity index (χ4v) is 2.40. The lowest BCUT2D eigenvalue weighted by Crippen LogP contribution is -2.45. The van der Waals surface area contributed by atoms with Crippen LogP contribution in [0.5, 0.6) is 0 Å². The first-order valence-corrected chi connectivity index (χ1v) is 6.37. The Hall–Kier alpha value is -1.00. The molecule has 1 aliphatic rings. The largest absolute Gasteiger partial charge is 0.440 e. The maximum absolute atomic E-state index is 12.2. The summed E-state index contributed by atoms with van der Waals surface area (Å²) in [4.78, 5) is 14.1. The molecule has 17 heavy (non-hydrogen) atoms. The lowest BCUT2D eigenvalue weighted by atomic mass is 10.0. The number of nitrogens with one attached hydrogen (secondary N) is 1. The fraction of sp³-hybridized carbons (Fsp3) is 0.583. The van der Waals surface area contributed by atoms with Crippen LogP contribution in [0.2, 0.25) is 5.22 Å². The molecule has 0 spiro atoms. The van der Waals surface area contributed by atoms with Gasteiger partial charge in [0.25, 0.3) is 5.91 Å². The van der Waals surface area contributed by atoms with Gasteiger partial charge in [-0.3, -0.25) is 4.79 Å². The molecule has 0 atom stereocenters. The van der Waals surface area contributed by atoms with Crippen molar-refractivity contribution in [3.63, 3.8) is 0 Å². The minimum atomic E-state index is -0.0636. The van der Waals surface area contributed by atoms with E-state index in [0.717, 1.165) is 25.9 Å². The van der Waals surface area contributed by atoms with Gasteiger partial charge in [-0.25, -0.2) is 0 Å². The van der Waals surface area contributed by atoms with E-state index in [1.165, 1.54) is 0 Å². The van der Waals surface area contributed by atoms with E-state index < -0.39 is 0 Å². The first kappa shape index (κ1) is 12.5. The van der Waals surface area contributed by atoms with Crippen LogP contribution >= 0.6 is 11.6 Å². The first-order valence-electron chi connectivity index (χ1n) is 5.99. The number of carbonyl (C=O) groups is 1. The van der Waals surface area contributed by atoms with E-state index >= 15 is 0 Å². The molecule has 94 valence electrons. The Bertz CT molecular complexity index is 386. The van der Waals surface area contributed by atoms with Crippen molar-refractivity contribution in [1.82, 2.24) is 10.2 Å². The summed E-state index contributed by atoms with van der Waals surface area (Å²) in [6, 6.07) is 3.54. The van der Waals surface area contributed by atoms with Crippen LogP contribution in [0.4, 0.5) is 0 Å². The lowest BCUT2D eigenvalue weighted by Gasteiger charge is -2.33. The molecule has 5 heteroatoms. The van der Waals surface area contributed by atoms with E-state index in [9.17, 15) is 4.79 Å². The fourth-order valence-electron chi connectivity index (χ4n) is 2.26. The highest BCUT2D eigenvalue weighted by Gasteiger charge is 2.26. The first-order chi connectivity index (χ1) is 8.22. The molecule has 1 saturated heterocycles. The van der Waals surface area contributed by atoms with Gasteiger partial charge in [0.15, 0.2) is 11.0 Å². The Morgan fingerprint density at radius 1 is 1.53 bits per heavy atom. The van der Waals surface area contributed by atoms with Crippen molar-refractivity contribution >= 4 is 17.5 Å². The van der Waals surface area contributed by atoms with Crippen molar-refractivity contribution in [3.8, 4) is 0 Å². The van der Waals surface area contributed by atoms with Gasteiger partial charge in [0.1, 0.15) is 0 Å². The molecular weight excluding hydrogens is 240 g/mol. The van der Waals surface area contributed by atoms with Gasteiger partial charge in [-0.2, -0.15) is 0 Å². The summed E-state index contributed by atoms with van der Waals surface area (Å²) in [6.45, 7) is 4.62. The maximum Gasteiger partial charge on any atom is 0.289 e. The summed E-state index contributed by atoms with van der Waals surface area (Å²) in [6.07, 6.45) is 1.99. The van der Waals surface area contributed by atoms with Gasteiger partial charge in [-0.1, -0.05) is 0 Å². The molecule has 1 fully saturated rings. The highest BCUT2D eigenvalue weighted by atomic mass is 35.5. The second-order valence-corrected chi connectivity index (χ2v) is 4.55. The van der Waals surface area contributed by atoms with Crippen LogP contribution in [0.25, 0.3) is 0 Å². The van der Waals surface area contributed by atoms with E-state index in [4.69, 9.17) is 16.0 Å². The Balaban J connectivity index is 2.09. The Labute approximate surface area is 106 Å². The van der Waals surface area contributed by atoms with Gasteiger partial charge in [0.05, 0.1) is 0 Å². The van der Waals surface area contributed by atoms with Gasteiger partial charge in [0.2, 0.25) is 0 Å². The highest BCUT2D eigenvalue weighted by molar-refractivity contribution is 6.29. The number of rotatable bonds is 3. The Kier molecular flexibility index (Phi) is 4.07. The van der Waals surface area contributed by atoms with Crippen LogP contribution in [0.3, 0.4) is 0 Å². The molecule has 1 amide bonds. The zero-order chi connectivity index (χ0) is 12.3. The molecule has 1 aliphatic heterocycles. The number of amides is 1. The highest BCUT2D eigenvalue weighted by Crippen LogP contribution is 2.19. The standard InChI is InChI=1S/C12H17ClN2O2/c1-2-15(9-5-7-14-8-6-9)12(16)10-3-4-11(13)17-10/h3-4,9,14H,2,5-8H2,1H3. The summed E-state index contributed by atoms with van der Waals surface area (Å²) in [7, 11) is 0. The van der Waals surface area contributed by atoms with E-state index in [0.29, 0.717) is 18.3 Å². The molecule has 4 nitrogen and oxygen atoms in total. The molecule has 1 N–H and O–H groups in total. The molecule has 1 aromatic rings. The van der Waals surface area contributed by atoms with E-state index in [1.807, 2.05) is 11.8 Å². The number of hydrogen-bond acceptors (Lipinski definition) is 3. The summed E-state index contributed by atoms with van der Waals surface area (Å²) in [5.41, 5.74) is 0. The molecule has 0 aromatic carbocycles. The van der Waals surface area contributed by atoms with Gasteiger partial charge >= 0.3 is 0 Å². The lowest BCUT2D eigenvalue weighted by molar-refractivity contribution is 0.0623. The third-order valence-electron chi connectivity index (χ3n) is 3.13. The zero-order valence-corrected chi connectivity index (χ0v) is 10.7. The molecule has 1 aromatic heterocycles. The second kappa shape index (κ2) is 5.56. The van der Waals surface area contributed by atoms with Crippen molar-refractivity contribution in [3.05, 3.63) is 23.1 Å². The van der Waals surface area contributed by atoms with Crippen molar-refractivity contribution in [1.29, 1.82) is 0 Å². The number of piperidine rings is 1. The topological polar surface area (TPSA) is 45.5 Å². The molecule has 0 aliphatic carbocycles. The summed E-state index contributed by atoms with van der Waals surface area (Å²) in [5, 5.41) is 3.55. The minimum Gasteiger partial charge on any atom is -0.440 e. The predicted molar refractivity (Wildman–Crippen MR) is 66.3 cm³/mol. The third kappa shape index (κ3) is 2.82. The predicted octanol–water partition coefficient (Wildman–Crippen LogP) is 2.15. The smallest absolute Gasteiger partial charge is 0.289 e. The molecule has 2 rings (SSSR count). The van der Waals surface area contributed by atoms with E-state index in [2.05, 4.69) is 5.32 Å². The van der Waals surface area contributed by atoms with Crippen molar-refractivity contribution in [2.24, 2.45) is 0 Å². The van der Waals surface area contributed by atoms with Crippen LogP contribution in [-0.4, -0.2) is 36.5 Å². The molecule has 0 unspecified atom stereocenters. The van der Waals surface area contributed by atoms with E-state index in [-0.39, 0.29) is 11.1 Å². The summed E-state index contributed by atoms with van der Waals surface area (Å²) < 4.78 is 5.18. The average molecular weight is 257 g/mol. The van der Waals surface area contributed by atoms with Gasteiger partial charge in [-0.05, 0) is 56.6 Å². The Morgan fingerprint density at radius 2 is 2.24 bits per heavy atom. The zero-order valence-electron chi connectivity index (χ0n) is 9.91. The van der Waals surface area contributed by atoms with Crippen LogP contribution < -0.4 is 5.32 Å². The monoisotopic (exact) mass is 256 g/mol. The van der Waals surface area contributed by atoms with Crippen LogP contribution in [-0.2, 0) is 0 Å². The van der Waals surface area contributed by atoms with E-state index in [1.54, 1.807) is 12.1 Å². The molecule has 0 radical (unpaired) electrons. The molecular formula is C12H17ClN2O2. The quantitative estimate of drug-likeness (QED) is 0.901. The minimum absolute atomic E-state index is 0.0636. The number of halogens is 1. The number of nitrogens with zero attached hydrogens (tertiary/aromatic N) is 1. The normalized spacial score (nSPS) is 17.1. The van der Waals surface area contributed by atoms with Gasteiger partial charge < -0.3 is 14.6 Å². The van der Waals surface area contributed by atoms with Crippen LogP contribution in [0, 0.1) is 0 Å². The molecule has 0 bridgehead atoms. The van der Waals surface area contributed by atoms with Crippen molar-refractivity contribution in [2.45, 2.75) is 25.8 Å². The van der Waals surface area contributed by atoms with Crippen molar-refractivity contribution in [2.75, 3.05) is 19.6 Å². The van der Waals surface area contributed by atoms with Crippen LogP contribution in [0.15, 0.2) is 16.5 Å². The Morgan fingerprint density at radius 3 is 2.76 bits per heavy atom. The number of furan rings is 1. The van der Waals surface area contributed by atoms with Crippen molar-refractivity contribution < 1.29 is 9.21 Å². The number of carbonyl (C=O) groups excluding carboxylic acids is 1.